The smallest absolute Gasteiger partial charge is 0.244 e. The van der Waals surface area contributed by atoms with E-state index < -0.39 is 0 Å². The number of nitrogen functional groups attached to an aromatic ring is 2. The molecule has 0 aliphatic rings. The molecular formula is C10H10N4O. The van der Waals surface area contributed by atoms with Crippen molar-refractivity contribution in [1.82, 2.24) is 9.97 Å². The lowest BCUT2D eigenvalue weighted by Crippen LogP contribution is -1.98. The van der Waals surface area contributed by atoms with E-state index in [1.807, 2.05) is 0 Å². The summed E-state index contributed by atoms with van der Waals surface area (Å²) in [5, 5.41) is 0. The average Bonchev–Trinajstić information content (AvgIpc) is 2.24. The van der Waals surface area contributed by atoms with E-state index in [1.165, 1.54) is 0 Å². The van der Waals surface area contributed by atoms with E-state index in [4.69, 9.17) is 16.2 Å². The first-order valence-electron chi connectivity index (χ1n) is 4.36. The van der Waals surface area contributed by atoms with Gasteiger partial charge in [0.15, 0.2) is 0 Å². The van der Waals surface area contributed by atoms with Gasteiger partial charge < -0.3 is 16.2 Å². The van der Waals surface area contributed by atoms with Gasteiger partial charge in [-0.2, -0.15) is 0 Å². The van der Waals surface area contributed by atoms with Gasteiger partial charge in [0.2, 0.25) is 11.8 Å². The van der Waals surface area contributed by atoms with E-state index in [2.05, 4.69) is 9.97 Å². The Balaban J connectivity index is 2.30. The third kappa shape index (κ3) is 1.96. The molecule has 2 aromatic rings. The number of nitrogens with two attached hydrogens (primary N) is 2. The molecule has 0 bridgehead atoms. The van der Waals surface area contributed by atoms with Crippen molar-refractivity contribution < 1.29 is 4.74 Å². The highest BCUT2D eigenvalue weighted by atomic mass is 16.5. The van der Waals surface area contributed by atoms with Crippen molar-refractivity contribution in [2.75, 3.05) is 11.5 Å². The van der Waals surface area contributed by atoms with Gasteiger partial charge in [-0.25, -0.2) is 9.97 Å². The van der Waals surface area contributed by atoms with Crippen LogP contribution in [-0.2, 0) is 0 Å². The number of nitrogens with zero attached hydrogens (tertiary/aromatic N) is 2. The van der Waals surface area contributed by atoms with Crippen LogP contribution in [0, 0.1) is 0 Å². The Morgan fingerprint density at radius 1 is 0.867 bits per heavy atom. The number of anilines is 2. The number of hydrogen-bond acceptors (Lipinski definition) is 5. The molecule has 2 rings (SSSR count). The Morgan fingerprint density at radius 3 is 1.73 bits per heavy atom. The molecule has 0 saturated carbocycles. The zero-order chi connectivity index (χ0) is 10.7. The minimum Gasteiger partial charge on any atom is -0.416 e. The van der Waals surface area contributed by atoms with Gasteiger partial charge in [0, 0.05) is 12.4 Å². The zero-order valence-electron chi connectivity index (χ0n) is 7.92. The molecule has 2 heterocycles. The summed E-state index contributed by atoms with van der Waals surface area (Å²) in [7, 11) is 0. The molecule has 0 unspecified atom stereocenters. The van der Waals surface area contributed by atoms with Gasteiger partial charge in [-0.05, 0) is 24.3 Å². The summed E-state index contributed by atoms with van der Waals surface area (Å²) in [5.41, 5.74) is 12.2. The molecule has 76 valence electrons. The second-order valence-corrected chi connectivity index (χ2v) is 2.90. The van der Waals surface area contributed by atoms with Crippen LogP contribution in [-0.4, -0.2) is 9.97 Å². The van der Waals surface area contributed by atoms with Crippen LogP contribution in [0.1, 0.15) is 0 Å². The molecule has 0 aliphatic carbocycles. The first-order valence-corrected chi connectivity index (χ1v) is 4.36. The maximum atomic E-state index is 5.66. The maximum Gasteiger partial charge on any atom is 0.244 e. The van der Waals surface area contributed by atoms with E-state index in [9.17, 15) is 0 Å². The van der Waals surface area contributed by atoms with Gasteiger partial charge in [-0.3, -0.25) is 0 Å². The fraction of sp³-hybridized carbons (Fsp3) is 0. The molecule has 0 spiro atoms. The van der Waals surface area contributed by atoms with Crippen LogP contribution < -0.4 is 16.2 Å². The summed E-state index contributed by atoms with van der Waals surface area (Å²) in [6.07, 6.45) is 3.18. The second-order valence-electron chi connectivity index (χ2n) is 2.90. The molecule has 0 aliphatic heterocycles. The predicted molar refractivity (Wildman–Crippen MR) is 57.4 cm³/mol. The second kappa shape index (κ2) is 3.83. The fourth-order valence-electron chi connectivity index (χ4n) is 1.07. The quantitative estimate of drug-likeness (QED) is 0.769. The van der Waals surface area contributed by atoms with Gasteiger partial charge in [0.1, 0.15) is 0 Å². The third-order valence-electron chi connectivity index (χ3n) is 1.79. The topological polar surface area (TPSA) is 87.0 Å². The standard InChI is InChI=1S/C10H10N4O/c11-7-3-1-5-13-9(7)15-10-8(12)4-2-6-14-10/h1-6H,11-12H2. The van der Waals surface area contributed by atoms with Crippen molar-refractivity contribution in [3.63, 3.8) is 0 Å². The largest absolute Gasteiger partial charge is 0.416 e. The highest BCUT2D eigenvalue weighted by molar-refractivity contribution is 5.53. The van der Waals surface area contributed by atoms with Crippen molar-refractivity contribution in [3.05, 3.63) is 36.7 Å². The first-order chi connectivity index (χ1) is 7.27. The molecule has 0 amide bonds. The van der Waals surface area contributed by atoms with E-state index in [1.54, 1.807) is 36.7 Å². The molecule has 4 N–H and O–H groups in total. The van der Waals surface area contributed by atoms with E-state index in [-0.39, 0.29) is 0 Å². The fourth-order valence-corrected chi connectivity index (χ4v) is 1.07. The molecule has 0 atom stereocenters. The minimum absolute atomic E-state index is 0.308. The molecule has 2 aromatic heterocycles. The van der Waals surface area contributed by atoms with E-state index in [0.29, 0.717) is 23.1 Å². The van der Waals surface area contributed by atoms with Crippen molar-refractivity contribution >= 4 is 11.4 Å². The van der Waals surface area contributed by atoms with Gasteiger partial charge in [-0.15, -0.1) is 0 Å². The van der Waals surface area contributed by atoms with E-state index >= 15 is 0 Å². The highest BCUT2D eigenvalue weighted by Crippen LogP contribution is 2.26. The van der Waals surface area contributed by atoms with Crippen LogP contribution in [0.5, 0.6) is 11.8 Å². The van der Waals surface area contributed by atoms with E-state index in [0.717, 1.165) is 0 Å². The summed E-state index contributed by atoms with van der Waals surface area (Å²) in [4.78, 5) is 7.94. The SMILES string of the molecule is Nc1cccnc1Oc1ncccc1N. The summed E-state index contributed by atoms with van der Waals surface area (Å²) >= 11 is 0. The normalized spacial score (nSPS) is 9.87. The lowest BCUT2D eigenvalue weighted by atomic mass is 10.4. The van der Waals surface area contributed by atoms with Crippen molar-refractivity contribution in [2.24, 2.45) is 0 Å². The molecule has 5 nitrogen and oxygen atoms in total. The van der Waals surface area contributed by atoms with Gasteiger partial charge in [-0.1, -0.05) is 0 Å². The summed E-state index contributed by atoms with van der Waals surface area (Å²) in [5.74, 6) is 0.616. The summed E-state index contributed by atoms with van der Waals surface area (Å²) in [6, 6.07) is 6.84. The van der Waals surface area contributed by atoms with Gasteiger partial charge >= 0.3 is 0 Å². The number of ether oxygens (including phenoxy) is 1. The van der Waals surface area contributed by atoms with Crippen LogP contribution in [0.3, 0.4) is 0 Å². The Labute approximate surface area is 86.7 Å². The molecule has 15 heavy (non-hydrogen) atoms. The van der Waals surface area contributed by atoms with Gasteiger partial charge in [0.05, 0.1) is 11.4 Å². The highest BCUT2D eigenvalue weighted by Gasteiger charge is 2.05. The predicted octanol–water partition coefficient (Wildman–Crippen LogP) is 1.43. The maximum absolute atomic E-state index is 5.66. The molecule has 0 saturated heterocycles. The Hall–Kier alpha value is -2.30. The third-order valence-corrected chi connectivity index (χ3v) is 1.79. The lowest BCUT2D eigenvalue weighted by Gasteiger charge is -2.06. The number of rotatable bonds is 2. The zero-order valence-corrected chi connectivity index (χ0v) is 7.92. The van der Waals surface area contributed by atoms with Crippen molar-refractivity contribution in [1.29, 1.82) is 0 Å². The molecule has 0 radical (unpaired) electrons. The van der Waals surface area contributed by atoms with Crippen LogP contribution in [0.4, 0.5) is 11.4 Å². The van der Waals surface area contributed by atoms with Crippen molar-refractivity contribution in [2.45, 2.75) is 0 Å². The van der Waals surface area contributed by atoms with Crippen molar-refractivity contribution in [3.8, 4) is 11.8 Å². The average molecular weight is 202 g/mol. The van der Waals surface area contributed by atoms with Crippen LogP contribution in [0.2, 0.25) is 0 Å². The number of aromatic nitrogens is 2. The molecule has 0 aromatic carbocycles. The monoisotopic (exact) mass is 202 g/mol. The van der Waals surface area contributed by atoms with Crippen LogP contribution in [0.15, 0.2) is 36.7 Å². The van der Waals surface area contributed by atoms with Gasteiger partial charge in [0.25, 0.3) is 0 Å². The molecule has 0 fully saturated rings. The minimum atomic E-state index is 0.308. The number of pyridine rings is 2. The Bertz CT molecular complexity index is 429. The summed E-state index contributed by atoms with van der Waals surface area (Å²) in [6.45, 7) is 0. The molecule has 5 heteroatoms. The summed E-state index contributed by atoms with van der Waals surface area (Å²) < 4.78 is 5.37. The first kappa shape index (κ1) is 9.26. The molecular weight excluding hydrogens is 192 g/mol. The van der Waals surface area contributed by atoms with Crippen LogP contribution >= 0.6 is 0 Å². The lowest BCUT2D eigenvalue weighted by molar-refractivity contribution is 0.449. The Morgan fingerprint density at radius 2 is 1.33 bits per heavy atom. The number of hydrogen-bond donors (Lipinski definition) is 2. The van der Waals surface area contributed by atoms with Crippen LogP contribution in [0.25, 0.3) is 0 Å². The Kier molecular flexibility index (Phi) is 2.37.